The Morgan fingerprint density at radius 1 is 1.50 bits per heavy atom. The van der Waals surface area contributed by atoms with Gasteiger partial charge in [-0.3, -0.25) is 0 Å². The summed E-state index contributed by atoms with van der Waals surface area (Å²) in [5.41, 5.74) is 1.10. The highest BCUT2D eigenvalue weighted by Gasteiger charge is 2.20. The van der Waals surface area contributed by atoms with Crippen LogP contribution < -0.4 is 10.1 Å². The molecule has 1 N–H and O–H groups in total. The van der Waals surface area contributed by atoms with Crippen molar-refractivity contribution in [3.05, 3.63) is 29.8 Å². The quantitative estimate of drug-likeness (QED) is 0.911. The minimum Gasteiger partial charge on any atom is -0.496 e. The minimum atomic E-state index is -0.0185. The Bertz CT molecular complexity index is 450. The van der Waals surface area contributed by atoms with Gasteiger partial charge in [-0.1, -0.05) is 18.2 Å². The van der Waals surface area contributed by atoms with Gasteiger partial charge in [0.05, 0.1) is 19.8 Å². The molecule has 1 fully saturated rings. The molecule has 0 radical (unpaired) electrons. The van der Waals surface area contributed by atoms with Crippen molar-refractivity contribution in [1.82, 2.24) is 10.2 Å². The van der Waals surface area contributed by atoms with Crippen molar-refractivity contribution in [3.63, 3.8) is 0 Å². The van der Waals surface area contributed by atoms with Gasteiger partial charge in [-0.15, -0.1) is 0 Å². The number of amides is 2. The summed E-state index contributed by atoms with van der Waals surface area (Å²) in [4.78, 5) is 13.8. The number of carbonyl (C=O) groups is 1. The first-order chi connectivity index (χ1) is 9.70. The molecule has 2 amide bonds. The number of carbonyl (C=O) groups excluding carboxylic acids is 1. The van der Waals surface area contributed by atoms with Crippen LogP contribution in [-0.4, -0.2) is 50.4 Å². The first-order valence-corrected chi connectivity index (χ1v) is 6.97. The van der Waals surface area contributed by atoms with Crippen LogP contribution in [0, 0.1) is 0 Å². The van der Waals surface area contributed by atoms with Crippen LogP contribution in [0.15, 0.2) is 24.3 Å². The molecule has 1 aromatic carbocycles. The Balaban J connectivity index is 1.79. The van der Waals surface area contributed by atoms with Gasteiger partial charge in [0.15, 0.2) is 0 Å². The van der Waals surface area contributed by atoms with Gasteiger partial charge in [0, 0.05) is 19.6 Å². The van der Waals surface area contributed by atoms with Crippen LogP contribution in [0.4, 0.5) is 4.79 Å². The number of ether oxygens (including phenoxy) is 2. The van der Waals surface area contributed by atoms with Gasteiger partial charge in [-0.2, -0.15) is 0 Å². The van der Waals surface area contributed by atoms with Crippen LogP contribution >= 0.6 is 0 Å². The monoisotopic (exact) mass is 278 g/mol. The molecule has 5 nitrogen and oxygen atoms in total. The van der Waals surface area contributed by atoms with E-state index in [0.29, 0.717) is 26.2 Å². The number of nitrogens with one attached hydrogen (secondary N) is 1. The lowest BCUT2D eigenvalue weighted by Crippen LogP contribution is -2.49. The largest absolute Gasteiger partial charge is 0.496 e. The van der Waals surface area contributed by atoms with E-state index in [0.717, 1.165) is 17.7 Å². The number of morpholine rings is 1. The van der Waals surface area contributed by atoms with Crippen molar-refractivity contribution in [3.8, 4) is 5.75 Å². The number of nitrogens with zero attached hydrogens (tertiary/aromatic N) is 1. The SMILES string of the molecule is COc1ccccc1CCNC(=O)N1CCOC(C)C1. The third-order valence-electron chi connectivity index (χ3n) is 3.39. The van der Waals surface area contributed by atoms with Crippen LogP contribution in [0.2, 0.25) is 0 Å². The Labute approximate surface area is 119 Å². The van der Waals surface area contributed by atoms with Crippen LogP contribution in [0.3, 0.4) is 0 Å². The summed E-state index contributed by atoms with van der Waals surface area (Å²) in [6.07, 6.45) is 0.874. The second-order valence-electron chi connectivity index (χ2n) is 4.92. The van der Waals surface area contributed by atoms with E-state index in [-0.39, 0.29) is 12.1 Å². The van der Waals surface area contributed by atoms with Gasteiger partial charge < -0.3 is 19.7 Å². The molecule has 1 heterocycles. The lowest BCUT2D eigenvalue weighted by molar-refractivity contribution is -0.00342. The molecule has 1 aromatic rings. The minimum absolute atomic E-state index is 0.0185. The molecule has 5 heteroatoms. The molecule has 0 bridgehead atoms. The highest BCUT2D eigenvalue weighted by atomic mass is 16.5. The van der Waals surface area contributed by atoms with E-state index in [4.69, 9.17) is 9.47 Å². The summed E-state index contributed by atoms with van der Waals surface area (Å²) in [6, 6.07) is 7.84. The summed E-state index contributed by atoms with van der Waals surface area (Å²) in [5.74, 6) is 0.863. The molecular weight excluding hydrogens is 256 g/mol. The van der Waals surface area contributed by atoms with Crippen molar-refractivity contribution in [1.29, 1.82) is 0 Å². The van der Waals surface area contributed by atoms with E-state index in [2.05, 4.69) is 5.32 Å². The predicted octanol–water partition coefficient (Wildman–Crippen LogP) is 1.67. The molecule has 20 heavy (non-hydrogen) atoms. The smallest absolute Gasteiger partial charge is 0.317 e. The van der Waals surface area contributed by atoms with Crippen LogP contribution in [-0.2, 0) is 11.2 Å². The lowest BCUT2D eigenvalue weighted by Gasteiger charge is -2.31. The fraction of sp³-hybridized carbons (Fsp3) is 0.533. The molecule has 1 atom stereocenters. The topological polar surface area (TPSA) is 50.8 Å². The van der Waals surface area contributed by atoms with Gasteiger partial charge in [-0.25, -0.2) is 4.79 Å². The van der Waals surface area contributed by atoms with Gasteiger partial charge in [0.25, 0.3) is 0 Å². The molecular formula is C15H22N2O3. The van der Waals surface area contributed by atoms with Crippen molar-refractivity contribution in [2.45, 2.75) is 19.4 Å². The molecule has 110 valence electrons. The molecule has 1 saturated heterocycles. The maximum absolute atomic E-state index is 12.0. The van der Waals surface area contributed by atoms with Gasteiger partial charge in [0.1, 0.15) is 5.75 Å². The van der Waals surface area contributed by atoms with Crippen molar-refractivity contribution >= 4 is 6.03 Å². The first kappa shape index (κ1) is 14.7. The third-order valence-corrected chi connectivity index (χ3v) is 3.39. The van der Waals surface area contributed by atoms with E-state index >= 15 is 0 Å². The first-order valence-electron chi connectivity index (χ1n) is 6.97. The summed E-state index contributed by atoms with van der Waals surface area (Å²) in [5, 5.41) is 2.95. The molecule has 1 aliphatic rings. The molecule has 0 saturated carbocycles. The van der Waals surface area contributed by atoms with Gasteiger partial charge in [-0.05, 0) is 25.0 Å². The number of para-hydroxylation sites is 1. The highest BCUT2D eigenvalue weighted by molar-refractivity contribution is 5.74. The fourth-order valence-corrected chi connectivity index (χ4v) is 2.33. The summed E-state index contributed by atoms with van der Waals surface area (Å²) < 4.78 is 10.7. The average Bonchev–Trinajstić information content (AvgIpc) is 2.47. The van der Waals surface area contributed by atoms with Crippen LogP contribution in [0.5, 0.6) is 5.75 Å². The zero-order valence-corrected chi connectivity index (χ0v) is 12.1. The Morgan fingerprint density at radius 3 is 3.05 bits per heavy atom. The molecule has 0 spiro atoms. The average molecular weight is 278 g/mol. The van der Waals surface area contributed by atoms with Crippen molar-refractivity contribution < 1.29 is 14.3 Å². The zero-order valence-electron chi connectivity index (χ0n) is 12.1. The van der Waals surface area contributed by atoms with E-state index in [1.54, 1.807) is 12.0 Å². The molecule has 1 aliphatic heterocycles. The number of urea groups is 1. The van der Waals surface area contributed by atoms with Crippen LogP contribution in [0.1, 0.15) is 12.5 Å². The van der Waals surface area contributed by atoms with E-state index in [1.165, 1.54) is 0 Å². The van der Waals surface area contributed by atoms with E-state index in [9.17, 15) is 4.79 Å². The second-order valence-corrected chi connectivity index (χ2v) is 4.92. The number of benzene rings is 1. The number of hydrogen-bond acceptors (Lipinski definition) is 3. The standard InChI is InChI=1S/C15H22N2O3/c1-12-11-17(9-10-20-12)15(18)16-8-7-13-5-3-4-6-14(13)19-2/h3-6,12H,7-11H2,1-2H3,(H,16,18). The molecule has 0 aromatic heterocycles. The normalized spacial score (nSPS) is 18.7. The number of methoxy groups -OCH3 is 1. The van der Waals surface area contributed by atoms with E-state index in [1.807, 2.05) is 31.2 Å². The maximum Gasteiger partial charge on any atom is 0.317 e. The van der Waals surface area contributed by atoms with Gasteiger partial charge >= 0.3 is 6.03 Å². The lowest BCUT2D eigenvalue weighted by atomic mass is 10.1. The zero-order chi connectivity index (χ0) is 14.4. The molecule has 2 rings (SSSR count). The Kier molecular flexibility index (Phi) is 5.24. The maximum atomic E-state index is 12.0. The van der Waals surface area contributed by atoms with Crippen LogP contribution in [0.25, 0.3) is 0 Å². The predicted molar refractivity (Wildman–Crippen MR) is 77.1 cm³/mol. The van der Waals surface area contributed by atoms with Crippen molar-refractivity contribution in [2.24, 2.45) is 0 Å². The number of hydrogen-bond donors (Lipinski definition) is 1. The van der Waals surface area contributed by atoms with Crippen molar-refractivity contribution in [2.75, 3.05) is 33.4 Å². The summed E-state index contributed by atoms with van der Waals surface area (Å²) in [6.45, 7) is 4.51. The number of rotatable bonds is 4. The van der Waals surface area contributed by atoms with Gasteiger partial charge in [0.2, 0.25) is 0 Å². The summed E-state index contributed by atoms with van der Waals surface area (Å²) >= 11 is 0. The molecule has 1 unspecified atom stereocenters. The third kappa shape index (κ3) is 3.87. The highest BCUT2D eigenvalue weighted by Crippen LogP contribution is 2.17. The fourth-order valence-electron chi connectivity index (χ4n) is 2.33. The summed E-state index contributed by atoms with van der Waals surface area (Å²) in [7, 11) is 1.66. The Morgan fingerprint density at radius 2 is 2.30 bits per heavy atom. The van der Waals surface area contributed by atoms with E-state index < -0.39 is 0 Å². The second kappa shape index (κ2) is 7.14. The molecule has 0 aliphatic carbocycles. The Hall–Kier alpha value is -1.75.